The molecule has 168 valence electrons. The molecule has 5 heteroatoms. The van der Waals surface area contributed by atoms with Crippen LogP contribution in [0.25, 0.3) is 0 Å². The highest BCUT2D eigenvalue weighted by molar-refractivity contribution is 5.67. The highest BCUT2D eigenvalue weighted by Crippen LogP contribution is 2.15. The lowest BCUT2D eigenvalue weighted by Gasteiger charge is -2.11. The normalized spacial score (nSPS) is 10.3. The van der Waals surface area contributed by atoms with Gasteiger partial charge in [-0.1, -0.05) is 70.7 Å². The van der Waals surface area contributed by atoms with Crippen molar-refractivity contribution in [2.75, 3.05) is 26.4 Å². The standard InChI is InChI=1S/C25H39NO4/c1-5-6-7-8-9-10-11-12-23-13-15-24(16-14-23)29-19-20-30-25(27)26-17-18-28-22(4)21(2)3/h13-16H,2,4-12,17-20H2,1,3H3,(H,26,27). The smallest absolute Gasteiger partial charge is 0.407 e. The summed E-state index contributed by atoms with van der Waals surface area (Å²) >= 11 is 0. The van der Waals surface area contributed by atoms with Gasteiger partial charge >= 0.3 is 6.09 Å². The Labute approximate surface area is 182 Å². The molecule has 0 radical (unpaired) electrons. The van der Waals surface area contributed by atoms with Crippen molar-refractivity contribution < 1.29 is 19.0 Å². The summed E-state index contributed by atoms with van der Waals surface area (Å²) in [4.78, 5) is 11.6. The van der Waals surface area contributed by atoms with E-state index in [1.165, 1.54) is 50.5 Å². The lowest BCUT2D eigenvalue weighted by molar-refractivity contribution is 0.122. The summed E-state index contributed by atoms with van der Waals surface area (Å²) in [6.45, 7) is 12.7. The number of unbranched alkanes of at least 4 members (excludes halogenated alkanes) is 6. The molecule has 5 nitrogen and oxygen atoms in total. The molecule has 30 heavy (non-hydrogen) atoms. The highest BCUT2D eigenvalue weighted by atomic mass is 16.6. The largest absolute Gasteiger partial charge is 0.492 e. The minimum absolute atomic E-state index is 0.185. The lowest BCUT2D eigenvalue weighted by atomic mass is 10.0. The van der Waals surface area contributed by atoms with Crippen molar-refractivity contribution in [1.82, 2.24) is 5.32 Å². The van der Waals surface area contributed by atoms with Gasteiger partial charge in [0.2, 0.25) is 0 Å². The van der Waals surface area contributed by atoms with E-state index in [0.717, 1.165) is 17.7 Å². The zero-order valence-electron chi connectivity index (χ0n) is 18.8. The fourth-order valence-corrected chi connectivity index (χ4v) is 2.83. The van der Waals surface area contributed by atoms with E-state index in [1.54, 1.807) is 0 Å². The van der Waals surface area contributed by atoms with Gasteiger partial charge in [0.15, 0.2) is 0 Å². The van der Waals surface area contributed by atoms with Gasteiger partial charge in [-0.05, 0) is 43.0 Å². The highest BCUT2D eigenvalue weighted by Gasteiger charge is 2.03. The first-order valence-corrected chi connectivity index (χ1v) is 11.1. The fourth-order valence-electron chi connectivity index (χ4n) is 2.83. The molecule has 1 rings (SSSR count). The van der Waals surface area contributed by atoms with Crippen LogP contribution in [0.4, 0.5) is 4.79 Å². The summed E-state index contributed by atoms with van der Waals surface area (Å²) in [5.74, 6) is 1.31. The monoisotopic (exact) mass is 417 g/mol. The number of benzene rings is 1. The number of nitrogens with one attached hydrogen (secondary N) is 1. The summed E-state index contributed by atoms with van der Waals surface area (Å²) in [5.41, 5.74) is 2.10. The number of allylic oxidation sites excluding steroid dienone is 1. The van der Waals surface area contributed by atoms with E-state index < -0.39 is 6.09 Å². The molecule has 1 N–H and O–H groups in total. The Bertz CT molecular complexity index is 625. The van der Waals surface area contributed by atoms with Gasteiger partial charge in [-0.25, -0.2) is 4.79 Å². The second-order valence-electron chi connectivity index (χ2n) is 7.48. The van der Waals surface area contributed by atoms with Crippen molar-refractivity contribution in [3.8, 4) is 5.75 Å². The molecule has 0 aromatic heterocycles. The molecular weight excluding hydrogens is 378 g/mol. The second kappa shape index (κ2) is 16.4. The van der Waals surface area contributed by atoms with Crippen molar-refractivity contribution in [1.29, 1.82) is 0 Å². The Morgan fingerprint density at radius 3 is 2.23 bits per heavy atom. The van der Waals surface area contributed by atoms with Crippen LogP contribution in [0.2, 0.25) is 0 Å². The van der Waals surface area contributed by atoms with Crippen LogP contribution in [0.15, 0.2) is 48.8 Å². The first-order chi connectivity index (χ1) is 14.5. The third kappa shape index (κ3) is 12.9. The number of ether oxygens (including phenoxy) is 3. The third-order valence-electron chi connectivity index (χ3n) is 4.70. The van der Waals surface area contributed by atoms with Crippen LogP contribution in [0.5, 0.6) is 5.75 Å². The summed E-state index contributed by atoms with van der Waals surface area (Å²) in [5, 5.41) is 2.61. The average Bonchev–Trinajstić information content (AvgIpc) is 2.74. The van der Waals surface area contributed by atoms with Gasteiger partial charge < -0.3 is 19.5 Å². The van der Waals surface area contributed by atoms with Gasteiger partial charge in [-0.15, -0.1) is 0 Å². The van der Waals surface area contributed by atoms with Crippen LogP contribution < -0.4 is 10.1 Å². The lowest BCUT2D eigenvalue weighted by Crippen LogP contribution is -2.29. The maximum atomic E-state index is 11.6. The molecule has 1 amide bonds. The van der Waals surface area contributed by atoms with Crippen LogP contribution in [-0.2, 0) is 15.9 Å². The topological polar surface area (TPSA) is 56.8 Å². The summed E-state index contributed by atoms with van der Waals surface area (Å²) in [6.07, 6.45) is 9.89. The van der Waals surface area contributed by atoms with Gasteiger partial charge in [0.05, 0.1) is 6.54 Å². The predicted octanol–water partition coefficient (Wildman–Crippen LogP) is 6.19. The molecule has 0 fully saturated rings. The minimum Gasteiger partial charge on any atom is -0.492 e. The fraction of sp³-hybridized carbons (Fsp3) is 0.560. The van der Waals surface area contributed by atoms with Gasteiger partial charge in [-0.2, -0.15) is 0 Å². The maximum Gasteiger partial charge on any atom is 0.407 e. The predicted molar refractivity (Wildman–Crippen MR) is 123 cm³/mol. The van der Waals surface area contributed by atoms with Crippen molar-refractivity contribution in [2.24, 2.45) is 0 Å². The Kier molecular flexibility index (Phi) is 14.0. The van der Waals surface area contributed by atoms with Crippen LogP contribution in [0, 0.1) is 0 Å². The zero-order valence-corrected chi connectivity index (χ0v) is 18.8. The molecular formula is C25H39NO4. The molecule has 0 saturated carbocycles. The van der Waals surface area contributed by atoms with E-state index in [1.807, 2.05) is 19.1 Å². The Balaban J connectivity index is 2.05. The number of hydrogen-bond donors (Lipinski definition) is 1. The van der Waals surface area contributed by atoms with Crippen molar-refractivity contribution in [3.05, 3.63) is 54.3 Å². The van der Waals surface area contributed by atoms with Gasteiger partial charge in [0, 0.05) is 0 Å². The molecule has 0 aliphatic rings. The van der Waals surface area contributed by atoms with Crippen LogP contribution in [-0.4, -0.2) is 32.5 Å². The van der Waals surface area contributed by atoms with E-state index in [4.69, 9.17) is 14.2 Å². The number of rotatable bonds is 17. The zero-order chi connectivity index (χ0) is 22.0. The van der Waals surface area contributed by atoms with E-state index in [0.29, 0.717) is 25.5 Å². The first kappa shape index (κ1) is 25.6. The van der Waals surface area contributed by atoms with Crippen molar-refractivity contribution in [3.63, 3.8) is 0 Å². The van der Waals surface area contributed by atoms with Gasteiger partial charge in [0.1, 0.15) is 31.3 Å². The number of carbonyl (C=O) groups excluding carboxylic acids is 1. The number of hydrogen-bond acceptors (Lipinski definition) is 4. The molecule has 0 aliphatic heterocycles. The number of amides is 1. The Morgan fingerprint density at radius 1 is 0.900 bits per heavy atom. The van der Waals surface area contributed by atoms with Crippen molar-refractivity contribution in [2.45, 2.75) is 65.2 Å². The molecule has 0 saturated heterocycles. The molecule has 1 aromatic rings. The quantitative estimate of drug-likeness (QED) is 0.186. The van der Waals surface area contributed by atoms with E-state index in [9.17, 15) is 4.79 Å². The molecule has 0 aliphatic carbocycles. The van der Waals surface area contributed by atoms with Gasteiger partial charge in [-0.3, -0.25) is 0 Å². The molecule has 0 heterocycles. The Hall–Kier alpha value is -2.43. The number of alkyl carbamates (subject to hydrolysis) is 1. The summed E-state index contributed by atoms with van der Waals surface area (Å²) in [6, 6.07) is 8.17. The second-order valence-corrected chi connectivity index (χ2v) is 7.48. The van der Waals surface area contributed by atoms with Crippen LogP contribution >= 0.6 is 0 Å². The summed E-state index contributed by atoms with van der Waals surface area (Å²) < 4.78 is 16.0. The number of aryl methyl sites for hydroxylation is 1. The van der Waals surface area contributed by atoms with Crippen LogP contribution in [0.1, 0.15) is 64.4 Å². The molecule has 0 atom stereocenters. The Morgan fingerprint density at radius 2 is 1.57 bits per heavy atom. The van der Waals surface area contributed by atoms with E-state index in [-0.39, 0.29) is 6.61 Å². The molecule has 1 aromatic carbocycles. The minimum atomic E-state index is -0.492. The average molecular weight is 418 g/mol. The van der Waals surface area contributed by atoms with E-state index in [2.05, 4.69) is 37.5 Å². The molecule has 0 unspecified atom stereocenters. The van der Waals surface area contributed by atoms with Crippen molar-refractivity contribution >= 4 is 6.09 Å². The SMILES string of the molecule is C=C(C)C(=C)OCCNC(=O)OCCOc1ccc(CCCCCCCCC)cc1. The number of carbonyl (C=O) groups is 1. The third-order valence-corrected chi connectivity index (χ3v) is 4.70. The first-order valence-electron chi connectivity index (χ1n) is 11.1. The summed E-state index contributed by atoms with van der Waals surface area (Å²) in [7, 11) is 0. The van der Waals surface area contributed by atoms with Crippen LogP contribution in [0.3, 0.4) is 0 Å². The molecule has 0 spiro atoms. The maximum absolute atomic E-state index is 11.6. The van der Waals surface area contributed by atoms with Gasteiger partial charge in [0.25, 0.3) is 0 Å². The molecule has 0 bridgehead atoms. The van der Waals surface area contributed by atoms with E-state index >= 15 is 0 Å².